The SMILES string of the molecule is CC(=O)N[C@@H](CCCN=C(N)N)C(=O)OCCOC(=O)C1=Cc2cc(Cl)c(C(C)(C)C)cc2OC1C(F)(F)F. The van der Waals surface area contributed by atoms with Crippen LogP contribution in [0.5, 0.6) is 5.75 Å². The van der Waals surface area contributed by atoms with E-state index in [0.29, 0.717) is 17.0 Å². The van der Waals surface area contributed by atoms with Crippen LogP contribution in [-0.2, 0) is 29.3 Å². The normalized spacial score (nSPS) is 15.7. The Kier molecular flexibility index (Phi) is 10.6. The molecule has 0 spiro atoms. The molecule has 14 heteroatoms. The van der Waals surface area contributed by atoms with Crippen molar-refractivity contribution in [3.8, 4) is 5.75 Å². The van der Waals surface area contributed by atoms with Crippen molar-refractivity contribution in [3.05, 3.63) is 33.9 Å². The van der Waals surface area contributed by atoms with Crippen LogP contribution < -0.4 is 21.5 Å². The third-order valence-corrected chi connectivity index (χ3v) is 5.76. The second kappa shape index (κ2) is 13.0. The maximum absolute atomic E-state index is 13.8. The summed E-state index contributed by atoms with van der Waals surface area (Å²) in [4.78, 5) is 40.1. The van der Waals surface area contributed by atoms with E-state index in [0.717, 1.165) is 6.08 Å². The highest BCUT2D eigenvalue weighted by molar-refractivity contribution is 6.31. The Bertz CT molecular complexity index is 1140. The van der Waals surface area contributed by atoms with Crippen molar-refractivity contribution in [2.24, 2.45) is 16.5 Å². The number of rotatable bonds is 10. The fourth-order valence-corrected chi connectivity index (χ4v) is 4.12. The van der Waals surface area contributed by atoms with Crippen LogP contribution in [0.2, 0.25) is 5.02 Å². The predicted octanol–water partition coefficient (Wildman–Crippen LogP) is 2.99. The number of hydrogen-bond donors (Lipinski definition) is 3. The van der Waals surface area contributed by atoms with Crippen LogP contribution in [0.25, 0.3) is 6.08 Å². The zero-order valence-electron chi connectivity index (χ0n) is 22.0. The van der Waals surface area contributed by atoms with Crippen molar-refractivity contribution in [2.75, 3.05) is 19.8 Å². The lowest BCUT2D eigenvalue weighted by atomic mass is 9.85. The van der Waals surface area contributed by atoms with Crippen molar-refractivity contribution in [3.63, 3.8) is 0 Å². The number of ether oxygens (including phenoxy) is 3. The van der Waals surface area contributed by atoms with Crippen molar-refractivity contribution >= 4 is 41.5 Å². The van der Waals surface area contributed by atoms with Gasteiger partial charge in [0.15, 0.2) is 5.96 Å². The van der Waals surface area contributed by atoms with Gasteiger partial charge in [-0.1, -0.05) is 32.4 Å². The van der Waals surface area contributed by atoms with Gasteiger partial charge < -0.3 is 31.0 Å². The van der Waals surface area contributed by atoms with Crippen LogP contribution in [0.4, 0.5) is 13.2 Å². The summed E-state index contributed by atoms with van der Waals surface area (Å²) in [5.74, 6) is -2.80. The molecule has 1 unspecified atom stereocenters. The summed E-state index contributed by atoms with van der Waals surface area (Å²) in [5.41, 5.74) is 10.00. The van der Waals surface area contributed by atoms with Gasteiger partial charge in [-0.05, 0) is 42.0 Å². The minimum atomic E-state index is -4.92. The molecule has 0 radical (unpaired) electrons. The van der Waals surface area contributed by atoms with E-state index in [-0.39, 0.29) is 30.2 Å². The van der Waals surface area contributed by atoms with Crippen molar-refractivity contribution in [1.82, 2.24) is 5.32 Å². The molecule has 1 aliphatic heterocycles. The highest BCUT2D eigenvalue weighted by Gasteiger charge is 2.49. The van der Waals surface area contributed by atoms with E-state index in [1.165, 1.54) is 19.1 Å². The number of alkyl halides is 3. The van der Waals surface area contributed by atoms with E-state index < -0.39 is 60.4 Å². The minimum absolute atomic E-state index is 0.0685. The second-order valence-electron chi connectivity index (χ2n) is 9.76. The number of aliphatic imine (C=N–C) groups is 1. The summed E-state index contributed by atoms with van der Waals surface area (Å²) in [6, 6.07) is 1.84. The fourth-order valence-electron chi connectivity index (χ4n) is 3.66. The summed E-state index contributed by atoms with van der Waals surface area (Å²) >= 11 is 6.33. The van der Waals surface area contributed by atoms with E-state index in [1.54, 1.807) is 0 Å². The van der Waals surface area contributed by atoms with Gasteiger partial charge in [0.05, 0.1) is 5.57 Å². The van der Waals surface area contributed by atoms with E-state index in [9.17, 15) is 27.6 Å². The van der Waals surface area contributed by atoms with Crippen molar-refractivity contribution in [2.45, 2.75) is 64.3 Å². The number of nitrogens with two attached hydrogens (primary N) is 2. The summed E-state index contributed by atoms with van der Waals surface area (Å²) in [7, 11) is 0. The van der Waals surface area contributed by atoms with E-state index in [1.807, 2.05) is 20.8 Å². The molecule has 5 N–H and O–H groups in total. The molecule has 0 aliphatic carbocycles. The summed E-state index contributed by atoms with van der Waals surface area (Å²) < 4.78 is 56.5. The number of fused-ring (bicyclic) bond motifs is 1. The molecule has 1 heterocycles. The molecule has 39 heavy (non-hydrogen) atoms. The number of esters is 2. The molecule has 2 rings (SSSR count). The van der Waals surface area contributed by atoms with Gasteiger partial charge >= 0.3 is 18.1 Å². The largest absolute Gasteiger partial charge is 0.475 e. The molecule has 0 fully saturated rings. The van der Waals surface area contributed by atoms with Gasteiger partial charge in [-0.3, -0.25) is 9.79 Å². The average Bonchev–Trinajstić information content (AvgIpc) is 2.80. The van der Waals surface area contributed by atoms with Crippen LogP contribution in [0, 0.1) is 0 Å². The number of carbonyl (C=O) groups excluding carboxylic acids is 3. The molecular formula is C25H32ClF3N4O6. The number of guanidine groups is 1. The van der Waals surface area contributed by atoms with Gasteiger partial charge in [0, 0.05) is 24.1 Å². The Morgan fingerprint density at radius 3 is 2.36 bits per heavy atom. The maximum atomic E-state index is 13.8. The highest BCUT2D eigenvalue weighted by atomic mass is 35.5. The molecule has 2 atom stereocenters. The van der Waals surface area contributed by atoms with Crippen LogP contribution in [-0.4, -0.2) is 61.9 Å². The minimum Gasteiger partial charge on any atom is -0.475 e. The molecule has 216 valence electrons. The maximum Gasteiger partial charge on any atom is 0.430 e. The van der Waals surface area contributed by atoms with E-state index >= 15 is 0 Å². The molecule has 0 saturated heterocycles. The molecule has 0 bridgehead atoms. The predicted molar refractivity (Wildman–Crippen MR) is 138 cm³/mol. The number of nitrogens with zero attached hydrogens (tertiary/aromatic N) is 1. The van der Waals surface area contributed by atoms with Gasteiger partial charge in [0.2, 0.25) is 12.0 Å². The van der Waals surface area contributed by atoms with Crippen LogP contribution in [0.3, 0.4) is 0 Å². The fraction of sp³-hybridized carbons (Fsp3) is 0.520. The first-order chi connectivity index (χ1) is 18.0. The van der Waals surface area contributed by atoms with E-state index in [4.69, 9.17) is 37.3 Å². The highest BCUT2D eigenvalue weighted by Crippen LogP contribution is 2.42. The molecule has 1 aromatic rings. The summed E-state index contributed by atoms with van der Waals surface area (Å²) in [6.07, 6.45) is -5.95. The van der Waals surface area contributed by atoms with Gasteiger partial charge in [0.1, 0.15) is 25.0 Å². The lowest BCUT2D eigenvalue weighted by Crippen LogP contribution is -2.42. The Balaban J connectivity index is 2.07. The molecule has 0 aromatic heterocycles. The van der Waals surface area contributed by atoms with Crippen LogP contribution in [0.1, 0.15) is 51.7 Å². The molecule has 1 aliphatic rings. The topological polar surface area (TPSA) is 155 Å². The first-order valence-corrected chi connectivity index (χ1v) is 12.3. The Morgan fingerprint density at radius 2 is 1.79 bits per heavy atom. The third kappa shape index (κ3) is 9.34. The molecule has 0 saturated carbocycles. The van der Waals surface area contributed by atoms with Gasteiger partial charge in [-0.2, -0.15) is 13.2 Å². The van der Waals surface area contributed by atoms with Crippen molar-refractivity contribution in [1.29, 1.82) is 0 Å². The zero-order valence-corrected chi connectivity index (χ0v) is 22.7. The third-order valence-electron chi connectivity index (χ3n) is 5.45. The van der Waals surface area contributed by atoms with Gasteiger partial charge in [-0.15, -0.1) is 0 Å². The number of halogens is 4. The number of benzene rings is 1. The lowest BCUT2D eigenvalue weighted by Gasteiger charge is -2.30. The molecule has 1 amide bonds. The monoisotopic (exact) mass is 576 g/mol. The van der Waals surface area contributed by atoms with E-state index in [2.05, 4.69) is 10.3 Å². The zero-order chi connectivity index (χ0) is 29.5. The number of carbonyl (C=O) groups is 3. The molecule has 10 nitrogen and oxygen atoms in total. The Morgan fingerprint density at radius 1 is 1.15 bits per heavy atom. The Hall–Kier alpha value is -3.48. The number of nitrogens with one attached hydrogen (secondary N) is 1. The first kappa shape index (κ1) is 31.7. The number of amides is 1. The lowest BCUT2D eigenvalue weighted by molar-refractivity contribution is -0.188. The molecular weight excluding hydrogens is 545 g/mol. The smallest absolute Gasteiger partial charge is 0.430 e. The quantitative estimate of drug-likeness (QED) is 0.166. The molecule has 1 aromatic carbocycles. The standard InChI is InChI=1S/C25H32ClF3N4O6/c1-13(34)33-18(6-5-7-32-23(30)31)22(36)38-9-8-37-21(35)15-10-14-11-17(26)16(24(2,3)4)12-19(14)39-20(15)25(27,28)29/h10-12,18,20H,5-9H2,1-4H3,(H,33,34)(H4,30,31,32)/t18-,20?/m0/s1. The van der Waals surface area contributed by atoms with Crippen molar-refractivity contribution < 1.29 is 41.8 Å². The number of hydrogen-bond acceptors (Lipinski definition) is 7. The second-order valence-corrected chi connectivity index (χ2v) is 10.2. The Labute approximate surface area is 228 Å². The average molecular weight is 577 g/mol. The van der Waals surface area contributed by atoms with Gasteiger partial charge in [-0.25, -0.2) is 9.59 Å². The summed E-state index contributed by atoms with van der Waals surface area (Å²) in [6.45, 7) is 5.97. The summed E-state index contributed by atoms with van der Waals surface area (Å²) in [5, 5.41) is 2.73. The van der Waals surface area contributed by atoms with Crippen LogP contribution >= 0.6 is 11.6 Å². The van der Waals surface area contributed by atoms with Gasteiger partial charge in [0.25, 0.3) is 0 Å². The first-order valence-electron chi connectivity index (χ1n) is 12.0. The van der Waals surface area contributed by atoms with Crippen LogP contribution in [0.15, 0.2) is 22.7 Å².